The fourth-order valence-electron chi connectivity index (χ4n) is 0. The van der Waals surface area contributed by atoms with Crippen LogP contribution in [-0.2, 0) is 10.4 Å². The molecule has 0 radical (unpaired) electrons. The molecule has 0 aromatic heterocycles. The first-order chi connectivity index (χ1) is 3.41. The van der Waals surface area contributed by atoms with Gasteiger partial charge in [0.15, 0.2) is 0 Å². The van der Waals surface area contributed by atoms with E-state index < -0.39 is 10.4 Å². The summed E-state index contributed by atoms with van der Waals surface area (Å²) in [5, 5.41) is 6.51. The Bertz CT molecular complexity index is 118. The standard InChI is InChI=1S/H2O4S.HO3/c1-5(2,3)4;1-3-2/h(H2,1,2,3,4);1H/q;+1/p-1. The van der Waals surface area contributed by atoms with Crippen LogP contribution in [-0.4, -0.2) is 22.8 Å². The zero-order valence-corrected chi connectivity index (χ0v) is 4.16. The van der Waals surface area contributed by atoms with Crippen molar-refractivity contribution in [3.8, 4) is 0 Å². The van der Waals surface area contributed by atoms with E-state index in [0.717, 1.165) is 0 Å². The predicted octanol–water partition coefficient (Wildman–Crippen LogP) is -0.920. The molecule has 0 aromatic carbocycles. The van der Waals surface area contributed by atoms with Crippen LogP contribution < -0.4 is 0 Å². The average Bonchev–Trinajstić information content (AvgIpc) is 1.27. The lowest BCUT2D eigenvalue weighted by Crippen LogP contribution is -1.90. The molecule has 0 aliphatic rings. The van der Waals surface area contributed by atoms with Crippen molar-refractivity contribution in [2.75, 3.05) is 0 Å². The summed E-state index contributed by atoms with van der Waals surface area (Å²) >= 11 is 0. The van der Waals surface area contributed by atoms with E-state index in [-0.39, 0.29) is 0 Å². The fraction of sp³-hybridized carbons (Fsp3) is 0. The van der Waals surface area contributed by atoms with E-state index in [1.807, 2.05) is 4.75 Å². The zero-order valence-electron chi connectivity index (χ0n) is 3.34. The second-order valence-electron chi connectivity index (χ2n) is 0.502. The van der Waals surface area contributed by atoms with Crippen LogP contribution in [0, 0.1) is 9.71 Å². The third-order valence-electron chi connectivity index (χ3n) is 0. The predicted molar refractivity (Wildman–Crippen MR) is 21.7 cm³/mol. The molecule has 0 saturated carbocycles. The van der Waals surface area contributed by atoms with E-state index in [9.17, 15) is 0 Å². The third kappa shape index (κ3) is 180. The Hall–Kier alpha value is -0.730. The molecule has 0 atom stereocenters. The van der Waals surface area contributed by atoms with Gasteiger partial charge in [-0.1, -0.05) is 5.26 Å². The van der Waals surface area contributed by atoms with Gasteiger partial charge < -0.3 is 4.55 Å². The monoisotopic (exact) mass is 146 g/mol. The molecule has 0 spiro atoms. The molecule has 50 valence electrons. The fourth-order valence-corrected chi connectivity index (χ4v) is 0. The smallest absolute Gasteiger partial charge is 0.374 e. The highest BCUT2D eigenvalue weighted by molar-refractivity contribution is 7.79. The molecule has 0 unspecified atom stereocenters. The van der Waals surface area contributed by atoms with Crippen LogP contribution in [0.2, 0.25) is 0 Å². The first kappa shape index (κ1) is 10.3. The molecule has 0 heterocycles. The van der Waals surface area contributed by atoms with Crippen molar-refractivity contribution >= 4 is 10.4 Å². The highest BCUT2D eigenvalue weighted by atomic mass is 32.3. The Morgan fingerprint density at radius 3 is 1.50 bits per heavy atom. The zero-order chi connectivity index (χ0) is 7.21. The topological polar surface area (TPSA) is 126 Å². The maximum absolute atomic E-state index is 8.63. The van der Waals surface area contributed by atoms with Crippen LogP contribution in [0.25, 0.3) is 0 Å². The Morgan fingerprint density at radius 1 is 1.50 bits per heavy atom. The average molecular weight is 146 g/mol. The summed E-state index contributed by atoms with van der Waals surface area (Å²) in [6, 6.07) is 0. The summed E-state index contributed by atoms with van der Waals surface area (Å²) in [6.07, 6.45) is 0. The van der Waals surface area contributed by atoms with Crippen molar-refractivity contribution in [1.82, 2.24) is 0 Å². The third-order valence-corrected chi connectivity index (χ3v) is 0. The van der Waals surface area contributed by atoms with Crippen LogP contribution in [0.4, 0.5) is 0 Å². The Kier molecular flexibility index (Phi) is 5.70. The van der Waals surface area contributed by atoms with Gasteiger partial charge >= 0.3 is 4.75 Å². The molecule has 0 aromatic rings. The van der Waals surface area contributed by atoms with Gasteiger partial charge in [-0.2, -0.15) is 0 Å². The summed E-state index contributed by atoms with van der Waals surface area (Å²) in [5.41, 5.74) is 0. The lowest BCUT2D eigenvalue weighted by atomic mass is 14.8. The van der Waals surface area contributed by atoms with E-state index in [0.29, 0.717) is 0 Å². The van der Waals surface area contributed by atoms with Crippen molar-refractivity contribution in [1.29, 1.82) is 0 Å². The van der Waals surface area contributed by atoms with Gasteiger partial charge in [0.05, 0.1) is 0 Å². The van der Waals surface area contributed by atoms with E-state index >= 15 is 0 Å². The normalized spacial score (nSPS) is 8.75. The molecule has 0 rings (SSSR count). The van der Waals surface area contributed by atoms with Gasteiger partial charge in [-0.15, -0.1) is 0 Å². The highest BCUT2D eigenvalue weighted by Crippen LogP contribution is 1.58. The molecule has 8 heteroatoms. The van der Waals surface area contributed by atoms with Gasteiger partial charge in [-0.05, 0) is 0 Å². The first-order valence-corrected chi connectivity index (χ1v) is 2.40. The van der Waals surface area contributed by atoms with E-state index in [4.69, 9.17) is 27.7 Å². The van der Waals surface area contributed by atoms with Gasteiger partial charge in [0.2, 0.25) is 10.4 Å². The van der Waals surface area contributed by atoms with Gasteiger partial charge in [0.1, 0.15) is 0 Å². The summed E-state index contributed by atoms with van der Waals surface area (Å²) < 4.78 is 34.8. The molecule has 0 amide bonds. The van der Waals surface area contributed by atoms with Crippen molar-refractivity contribution < 1.29 is 22.8 Å². The molecule has 2 N–H and O–H groups in total. The molecule has 8 heavy (non-hydrogen) atoms. The van der Waals surface area contributed by atoms with E-state index in [1.54, 1.807) is 0 Å². The molecule has 0 saturated heterocycles. The molecule has 0 aliphatic carbocycles. The van der Waals surface area contributed by atoms with Gasteiger partial charge in [0, 0.05) is 0 Å². The van der Waals surface area contributed by atoms with Crippen LogP contribution in [0.5, 0.6) is 0 Å². The number of rotatable bonds is 0. The second kappa shape index (κ2) is 4.43. The maximum atomic E-state index is 8.63. The molecule has 7 nitrogen and oxygen atoms in total. The molecule has 0 bridgehead atoms. The minimum absolute atomic E-state index is 2.00. The molecular weight excluding hydrogens is 144 g/mol. The summed E-state index contributed by atoms with van der Waals surface area (Å²) in [7, 11) is -4.92. The maximum Gasteiger partial charge on any atom is 0.374 e. The van der Waals surface area contributed by atoms with Crippen LogP contribution in [0.15, 0.2) is 0 Å². The summed E-state index contributed by atoms with van der Waals surface area (Å²) in [6.45, 7) is 0. The number of hydrogen-bond donors (Lipinski definition) is 2. The SMILES string of the molecule is O=S(=O)([O-])O.O=[O+]O. The largest absolute Gasteiger partial charge is 0.726 e. The lowest BCUT2D eigenvalue weighted by Gasteiger charge is -1.88. The Morgan fingerprint density at radius 2 is 1.50 bits per heavy atom. The minimum Gasteiger partial charge on any atom is -0.726 e. The van der Waals surface area contributed by atoms with E-state index in [2.05, 4.69) is 0 Å². The van der Waals surface area contributed by atoms with Gasteiger partial charge in [0.25, 0.3) is 4.96 Å². The first-order valence-electron chi connectivity index (χ1n) is 1.03. The molecule has 0 aliphatic heterocycles. The lowest BCUT2D eigenvalue weighted by molar-refractivity contribution is 0.366. The summed E-state index contributed by atoms with van der Waals surface area (Å²) in [4.78, 5) is 7.99. The van der Waals surface area contributed by atoms with Crippen molar-refractivity contribution in [2.45, 2.75) is 0 Å². The van der Waals surface area contributed by atoms with Crippen LogP contribution in [0.1, 0.15) is 0 Å². The highest BCUT2D eigenvalue weighted by Gasteiger charge is 1.67. The van der Waals surface area contributed by atoms with Gasteiger partial charge in [-0.25, -0.2) is 8.42 Å². The molecule has 0 fully saturated rings. The molecular formula is H2O7S. The minimum atomic E-state index is -4.92. The Labute approximate surface area is 44.0 Å². The van der Waals surface area contributed by atoms with E-state index in [1.165, 1.54) is 0 Å². The van der Waals surface area contributed by atoms with Crippen LogP contribution in [0.3, 0.4) is 0 Å². The van der Waals surface area contributed by atoms with Crippen LogP contribution >= 0.6 is 0 Å². The Balaban J connectivity index is 0. The summed E-state index contributed by atoms with van der Waals surface area (Å²) in [5.74, 6) is 0. The quantitative estimate of drug-likeness (QED) is 0.149. The van der Waals surface area contributed by atoms with Crippen molar-refractivity contribution in [3.05, 3.63) is 9.71 Å². The second-order valence-corrected chi connectivity index (χ2v) is 1.36. The van der Waals surface area contributed by atoms with Crippen molar-refractivity contribution in [2.24, 2.45) is 0 Å². The number of hydrogen-bond acceptors (Lipinski definition) is 4. The van der Waals surface area contributed by atoms with Gasteiger partial charge in [-0.3, -0.25) is 4.55 Å². The van der Waals surface area contributed by atoms with Crippen molar-refractivity contribution in [3.63, 3.8) is 0 Å².